The van der Waals surface area contributed by atoms with Gasteiger partial charge in [0.1, 0.15) is 11.9 Å². The van der Waals surface area contributed by atoms with Gasteiger partial charge < -0.3 is 19.9 Å². The van der Waals surface area contributed by atoms with Crippen LogP contribution in [-0.2, 0) is 6.54 Å². The topological polar surface area (TPSA) is 50.6 Å². The van der Waals surface area contributed by atoms with E-state index in [-0.39, 0.29) is 6.10 Å². The summed E-state index contributed by atoms with van der Waals surface area (Å²) < 4.78 is 7.94. The minimum Gasteiger partial charge on any atom is -0.489 e. The SMILES string of the molecule is CN=C(NCCn1cccc1)NCC(C)Oc1cccc(Cl)c1. The first-order valence-corrected chi connectivity index (χ1v) is 8.02. The van der Waals surface area contributed by atoms with Gasteiger partial charge in [0.05, 0.1) is 6.54 Å². The third-order valence-corrected chi connectivity index (χ3v) is 3.48. The van der Waals surface area contributed by atoms with Gasteiger partial charge in [-0.1, -0.05) is 17.7 Å². The highest BCUT2D eigenvalue weighted by Gasteiger charge is 2.06. The number of halogens is 1. The molecule has 2 rings (SSSR count). The molecule has 0 aliphatic rings. The summed E-state index contributed by atoms with van der Waals surface area (Å²) in [5.74, 6) is 1.53. The fourth-order valence-corrected chi connectivity index (χ4v) is 2.28. The number of guanidine groups is 1. The number of aliphatic imine (C=N–C) groups is 1. The number of benzene rings is 1. The van der Waals surface area contributed by atoms with Gasteiger partial charge in [0.2, 0.25) is 0 Å². The highest BCUT2D eigenvalue weighted by molar-refractivity contribution is 6.30. The maximum Gasteiger partial charge on any atom is 0.191 e. The van der Waals surface area contributed by atoms with Crippen LogP contribution in [0.25, 0.3) is 0 Å². The summed E-state index contributed by atoms with van der Waals surface area (Å²) in [5.41, 5.74) is 0. The Kier molecular flexibility index (Phi) is 6.81. The van der Waals surface area contributed by atoms with E-state index < -0.39 is 0 Å². The van der Waals surface area contributed by atoms with Crippen molar-refractivity contribution in [3.05, 3.63) is 53.8 Å². The first kappa shape index (κ1) is 17.2. The zero-order chi connectivity index (χ0) is 16.5. The molecular weight excluding hydrogens is 312 g/mol. The second kappa shape index (κ2) is 9.10. The smallest absolute Gasteiger partial charge is 0.191 e. The number of aromatic nitrogens is 1. The lowest BCUT2D eigenvalue weighted by Gasteiger charge is -2.18. The number of nitrogens with zero attached hydrogens (tertiary/aromatic N) is 2. The van der Waals surface area contributed by atoms with Crippen molar-refractivity contribution in [2.24, 2.45) is 4.99 Å². The molecule has 0 aliphatic carbocycles. The third kappa shape index (κ3) is 6.24. The van der Waals surface area contributed by atoms with Crippen molar-refractivity contribution in [3.8, 4) is 5.75 Å². The van der Waals surface area contributed by atoms with Crippen molar-refractivity contribution in [3.63, 3.8) is 0 Å². The second-order valence-electron chi connectivity index (χ2n) is 5.19. The van der Waals surface area contributed by atoms with E-state index in [2.05, 4.69) is 20.2 Å². The average molecular weight is 335 g/mol. The summed E-state index contributed by atoms with van der Waals surface area (Å²) in [7, 11) is 1.76. The first-order chi connectivity index (χ1) is 11.2. The molecule has 1 aromatic heterocycles. The molecule has 6 heteroatoms. The van der Waals surface area contributed by atoms with E-state index in [1.54, 1.807) is 7.05 Å². The van der Waals surface area contributed by atoms with Crippen LogP contribution in [0.2, 0.25) is 5.02 Å². The molecule has 124 valence electrons. The predicted molar refractivity (Wildman–Crippen MR) is 95.3 cm³/mol. The molecule has 5 nitrogen and oxygen atoms in total. The molecule has 0 radical (unpaired) electrons. The van der Waals surface area contributed by atoms with E-state index in [0.717, 1.165) is 24.8 Å². The molecule has 0 amide bonds. The standard InChI is InChI=1S/C17H23ClN4O/c1-14(23-16-7-5-6-15(18)12-16)13-21-17(19-2)20-8-11-22-9-3-4-10-22/h3-7,9-10,12,14H,8,11,13H2,1-2H3,(H2,19,20,21). The predicted octanol–water partition coefficient (Wildman–Crippen LogP) is 2.77. The normalized spacial score (nSPS) is 12.7. The number of rotatable bonds is 7. The highest BCUT2D eigenvalue weighted by atomic mass is 35.5. The van der Waals surface area contributed by atoms with Crippen molar-refractivity contribution >= 4 is 17.6 Å². The van der Waals surface area contributed by atoms with Crippen molar-refractivity contribution < 1.29 is 4.74 Å². The second-order valence-corrected chi connectivity index (χ2v) is 5.62. The molecule has 0 fully saturated rings. The first-order valence-electron chi connectivity index (χ1n) is 7.65. The maximum atomic E-state index is 5.95. The molecular formula is C17H23ClN4O. The van der Waals surface area contributed by atoms with E-state index in [4.69, 9.17) is 16.3 Å². The van der Waals surface area contributed by atoms with Gasteiger partial charge in [-0.3, -0.25) is 4.99 Å². The van der Waals surface area contributed by atoms with E-state index in [1.807, 2.05) is 55.7 Å². The third-order valence-electron chi connectivity index (χ3n) is 3.24. The van der Waals surface area contributed by atoms with Crippen molar-refractivity contribution in [1.82, 2.24) is 15.2 Å². The van der Waals surface area contributed by atoms with Gasteiger partial charge >= 0.3 is 0 Å². The van der Waals surface area contributed by atoms with Gasteiger partial charge in [-0.15, -0.1) is 0 Å². The van der Waals surface area contributed by atoms with Gasteiger partial charge in [-0.2, -0.15) is 0 Å². The Morgan fingerprint density at radius 3 is 2.74 bits per heavy atom. The summed E-state index contributed by atoms with van der Waals surface area (Å²) in [4.78, 5) is 4.21. The fraction of sp³-hybridized carbons (Fsp3) is 0.353. The van der Waals surface area contributed by atoms with E-state index >= 15 is 0 Å². The minimum absolute atomic E-state index is 0.00327. The average Bonchev–Trinajstić information content (AvgIpc) is 3.04. The van der Waals surface area contributed by atoms with E-state index in [0.29, 0.717) is 11.6 Å². The molecule has 1 heterocycles. The summed E-state index contributed by atoms with van der Waals surface area (Å²) in [6.45, 7) is 4.34. The molecule has 0 spiro atoms. The Labute approximate surface area is 142 Å². The summed E-state index contributed by atoms with van der Waals surface area (Å²) >= 11 is 5.95. The Morgan fingerprint density at radius 2 is 2.04 bits per heavy atom. The number of hydrogen-bond acceptors (Lipinski definition) is 2. The molecule has 2 N–H and O–H groups in total. The Bertz CT molecular complexity index is 613. The largest absolute Gasteiger partial charge is 0.489 e. The van der Waals surface area contributed by atoms with Crippen LogP contribution in [0, 0.1) is 0 Å². The zero-order valence-corrected chi connectivity index (χ0v) is 14.3. The Hall–Kier alpha value is -2.14. The van der Waals surface area contributed by atoms with Gasteiger partial charge in [-0.05, 0) is 37.3 Å². The molecule has 2 aromatic rings. The lowest BCUT2D eigenvalue weighted by Crippen LogP contribution is -2.42. The molecule has 0 saturated carbocycles. The van der Waals surface area contributed by atoms with Gasteiger partial charge in [-0.25, -0.2) is 0 Å². The summed E-state index contributed by atoms with van der Waals surface area (Å²) in [6, 6.07) is 11.4. The van der Waals surface area contributed by atoms with Crippen LogP contribution in [0.15, 0.2) is 53.8 Å². The zero-order valence-electron chi connectivity index (χ0n) is 13.5. The van der Waals surface area contributed by atoms with Gasteiger partial charge in [0.25, 0.3) is 0 Å². The van der Waals surface area contributed by atoms with Crippen molar-refractivity contribution in [1.29, 1.82) is 0 Å². The Morgan fingerprint density at radius 1 is 1.26 bits per heavy atom. The van der Waals surface area contributed by atoms with Gasteiger partial charge in [0, 0.05) is 37.6 Å². The molecule has 0 saturated heterocycles. The van der Waals surface area contributed by atoms with Crippen LogP contribution >= 0.6 is 11.6 Å². The maximum absolute atomic E-state index is 5.95. The lowest BCUT2D eigenvalue weighted by atomic mass is 10.3. The van der Waals surface area contributed by atoms with E-state index in [9.17, 15) is 0 Å². The molecule has 0 bridgehead atoms. The van der Waals surface area contributed by atoms with E-state index in [1.165, 1.54) is 0 Å². The molecule has 1 unspecified atom stereocenters. The molecule has 0 aliphatic heterocycles. The monoisotopic (exact) mass is 334 g/mol. The van der Waals surface area contributed by atoms with Crippen LogP contribution in [0.3, 0.4) is 0 Å². The fourth-order valence-electron chi connectivity index (χ4n) is 2.10. The Balaban J connectivity index is 1.70. The van der Waals surface area contributed by atoms with Crippen LogP contribution in [0.1, 0.15) is 6.92 Å². The highest BCUT2D eigenvalue weighted by Crippen LogP contribution is 2.18. The molecule has 1 aromatic carbocycles. The quantitative estimate of drug-likeness (QED) is 0.604. The van der Waals surface area contributed by atoms with Crippen LogP contribution in [-0.4, -0.2) is 36.8 Å². The number of ether oxygens (including phenoxy) is 1. The summed E-state index contributed by atoms with van der Waals surface area (Å²) in [5, 5.41) is 7.20. The minimum atomic E-state index is -0.00327. The number of hydrogen-bond donors (Lipinski definition) is 2. The summed E-state index contributed by atoms with van der Waals surface area (Å²) in [6.07, 6.45) is 4.08. The van der Waals surface area contributed by atoms with Gasteiger partial charge in [0.15, 0.2) is 5.96 Å². The van der Waals surface area contributed by atoms with Crippen LogP contribution < -0.4 is 15.4 Å². The van der Waals surface area contributed by atoms with Crippen molar-refractivity contribution in [2.75, 3.05) is 20.1 Å². The van der Waals surface area contributed by atoms with Crippen molar-refractivity contribution in [2.45, 2.75) is 19.6 Å². The van der Waals surface area contributed by atoms with Crippen LogP contribution in [0.5, 0.6) is 5.75 Å². The van der Waals surface area contributed by atoms with Crippen LogP contribution in [0.4, 0.5) is 0 Å². The lowest BCUT2D eigenvalue weighted by molar-refractivity contribution is 0.224. The number of nitrogens with one attached hydrogen (secondary N) is 2. The molecule has 23 heavy (non-hydrogen) atoms. The molecule has 1 atom stereocenters.